The minimum Gasteiger partial charge on any atom is -0.480 e. The molecule has 96 valence electrons. The summed E-state index contributed by atoms with van der Waals surface area (Å²) in [5, 5.41) is 19.4. The van der Waals surface area contributed by atoms with E-state index in [1.54, 1.807) is 0 Å². The molecule has 1 fully saturated rings. The molecule has 0 aliphatic carbocycles. The van der Waals surface area contributed by atoms with E-state index in [0.29, 0.717) is 11.6 Å². The first-order valence-corrected chi connectivity index (χ1v) is 6.83. The van der Waals surface area contributed by atoms with Gasteiger partial charge in [-0.3, -0.25) is 14.9 Å². The first-order valence-electron chi connectivity index (χ1n) is 4.86. The zero-order valence-electron chi connectivity index (χ0n) is 8.94. The van der Waals surface area contributed by atoms with Crippen molar-refractivity contribution in [3.63, 3.8) is 0 Å². The Bertz CT molecular complexity index is 515. The summed E-state index contributed by atoms with van der Waals surface area (Å²) in [6.07, 6.45) is 0. The van der Waals surface area contributed by atoms with Crippen LogP contribution in [-0.2, 0) is 4.79 Å². The highest BCUT2D eigenvalue weighted by Gasteiger charge is 2.35. The van der Waals surface area contributed by atoms with Crippen molar-refractivity contribution in [3.8, 4) is 0 Å². The fourth-order valence-electron chi connectivity index (χ4n) is 1.53. The van der Waals surface area contributed by atoms with E-state index in [-0.39, 0.29) is 9.88 Å². The Morgan fingerprint density at radius 3 is 2.78 bits per heavy atom. The molecule has 0 unspecified atom stereocenters. The molecule has 9 heteroatoms. The highest BCUT2D eigenvalue weighted by Crippen LogP contribution is 2.29. The van der Waals surface area contributed by atoms with E-state index in [9.17, 15) is 19.7 Å². The minimum atomic E-state index is -1.06. The summed E-state index contributed by atoms with van der Waals surface area (Å²) < 4.78 is 0. The summed E-state index contributed by atoms with van der Waals surface area (Å²) in [5.41, 5.74) is 0. The number of hydrogen-bond acceptors (Lipinski definition) is 6. The number of nitro groups is 1. The van der Waals surface area contributed by atoms with Gasteiger partial charge < -0.3 is 10.0 Å². The number of carbonyl (C=O) groups excluding carboxylic acids is 1. The van der Waals surface area contributed by atoms with E-state index in [1.165, 1.54) is 28.8 Å². The van der Waals surface area contributed by atoms with Gasteiger partial charge in [-0.2, -0.15) is 0 Å². The topological polar surface area (TPSA) is 101 Å². The second kappa shape index (κ2) is 4.94. The van der Waals surface area contributed by atoms with Crippen molar-refractivity contribution in [3.05, 3.63) is 27.1 Å². The normalized spacial score (nSPS) is 18.9. The molecule has 2 heterocycles. The number of thioether (sulfide) groups is 1. The van der Waals surface area contributed by atoms with E-state index >= 15 is 0 Å². The number of rotatable bonds is 3. The number of hydrogen-bond donors (Lipinski definition) is 1. The van der Waals surface area contributed by atoms with Crippen molar-refractivity contribution in [1.29, 1.82) is 0 Å². The Labute approximate surface area is 110 Å². The van der Waals surface area contributed by atoms with Gasteiger partial charge >= 0.3 is 11.0 Å². The number of carboxylic acid groups (broad SMARTS) is 1. The summed E-state index contributed by atoms with van der Waals surface area (Å²) in [6.45, 7) is 0. The van der Waals surface area contributed by atoms with Gasteiger partial charge in [-0.05, 0) is 6.07 Å². The summed E-state index contributed by atoms with van der Waals surface area (Å²) >= 11 is 2.11. The lowest BCUT2D eigenvalue weighted by Gasteiger charge is -2.19. The Balaban J connectivity index is 2.20. The molecule has 0 aromatic carbocycles. The fraction of sp³-hybridized carbons (Fsp3) is 0.333. The van der Waals surface area contributed by atoms with Crippen molar-refractivity contribution in [2.45, 2.75) is 6.04 Å². The molecule has 0 spiro atoms. The predicted octanol–water partition coefficient (Wildman–Crippen LogP) is 1.26. The molecular formula is C9H8N2O5S2. The molecule has 1 atom stereocenters. The van der Waals surface area contributed by atoms with Gasteiger partial charge in [-0.1, -0.05) is 11.3 Å². The molecule has 0 bridgehead atoms. The van der Waals surface area contributed by atoms with Crippen LogP contribution < -0.4 is 0 Å². The van der Waals surface area contributed by atoms with Crippen LogP contribution in [0.5, 0.6) is 0 Å². The van der Waals surface area contributed by atoms with Crippen LogP contribution in [0.25, 0.3) is 0 Å². The number of carbonyl (C=O) groups is 2. The molecule has 1 amide bonds. The van der Waals surface area contributed by atoms with Crippen molar-refractivity contribution in [1.82, 2.24) is 4.90 Å². The summed E-state index contributed by atoms with van der Waals surface area (Å²) in [4.78, 5) is 34.3. The van der Waals surface area contributed by atoms with E-state index in [4.69, 9.17) is 5.11 Å². The second-order valence-corrected chi connectivity index (χ2v) is 5.59. The van der Waals surface area contributed by atoms with Gasteiger partial charge in [0.2, 0.25) is 0 Å². The zero-order valence-corrected chi connectivity index (χ0v) is 10.6. The number of aliphatic carboxylic acids is 1. The van der Waals surface area contributed by atoms with Crippen LogP contribution >= 0.6 is 23.1 Å². The molecule has 1 N–H and O–H groups in total. The average Bonchev–Trinajstić information content (AvgIpc) is 2.97. The van der Waals surface area contributed by atoms with Crippen LogP contribution in [-0.4, -0.2) is 44.5 Å². The van der Waals surface area contributed by atoms with Gasteiger partial charge in [0.25, 0.3) is 5.91 Å². The molecule has 1 aromatic rings. The van der Waals surface area contributed by atoms with Gasteiger partial charge in [-0.15, -0.1) is 11.8 Å². The summed E-state index contributed by atoms with van der Waals surface area (Å²) in [7, 11) is 0. The Hall–Kier alpha value is -1.61. The molecular weight excluding hydrogens is 280 g/mol. The standard InChI is InChI=1S/C9H8N2O5S2/c12-8(6-1-2-7(18-6)11(15)16)10-4-17-3-5(10)9(13)14/h1-2,5H,3-4H2,(H,13,14)/t5-/m0/s1. The van der Waals surface area contributed by atoms with E-state index in [0.717, 1.165) is 11.3 Å². The highest BCUT2D eigenvalue weighted by atomic mass is 32.2. The molecule has 1 saturated heterocycles. The van der Waals surface area contributed by atoms with E-state index < -0.39 is 22.8 Å². The van der Waals surface area contributed by atoms with Crippen LogP contribution in [0.1, 0.15) is 9.67 Å². The van der Waals surface area contributed by atoms with Gasteiger partial charge in [0.15, 0.2) is 0 Å². The van der Waals surface area contributed by atoms with Crippen LogP contribution in [0.3, 0.4) is 0 Å². The Morgan fingerprint density at radius 2 is 2.22 bits per heavy atom. The predicted molar refractivity (Wildman–Crippen MR) is 65.9 cm³/mol. The Morgan fingerprint density at radius 1 is 1.50 bits per heavy atom. The lowest BCUT2D eigenvalue weighted by atomic mass is 10.3. The fourth-order valence-corrected chi connectivity index (χ4v) is 3.45. The van der Waals surface area contributed by atoms with Gasteiger partial charge in [0.1, 0.15) is 6.04 Å². The number of carboxylic acids is 1. The van der Waals surface area contributed by atoms with Crippen molar-refractivity contribution >= 4 is 40.0 Å². The van der Waals surface area contributed by atoms with Crippen molar-refractivity contribution in [2.75, 3.05) is 11.6 Å². The SMILES string of the molecule is O=C(O)[C@@H]1CSCN1C(=O)c1ccc([N+](=O)[O-])s1. The molecule has 1 aromatic heterocycles. The average molecular weight is 288 g/mol. The molecule has 18 heavy (non-hydrogen) atoms. The smallest absolute Gasteiger partial charge is 0.327 e. The molecule has 2 rings (SSSR count). The van der Waals surface area contributed by atoms with Crippen LogP contribution in [0.4, 0.5) is 5.00 Å². The molecule has 1 aliphatic rings. The first-order chi connectivity index (χ1) is 8.50. The van der Waals surface area contributed by atoms with Crippen molar-refractivity contribution < 1.29 is 19.6 Å². The van der Waals surface area contributed by atoms with Gasteiger partial charge in [-0.25, -0.2) is 4.79 Å². The maximum atomic E-state index is 12.0. The molecule has 7 nitrogen and oxygen atoms in total. The molecule has 0 radical (unpaired) electrons. The summed E-state index contributed by atoms with van der Waals surface area (Å²) in [6, 6.07) is 1.74. The minimum absolute atomic E-state index is 0.128. The van der Waals surface area contributed by atoms with Crippen molar-refractivity contribution in [2.24, 2.45) is 0 Å². The summed E-state index contributed by atoms with van der Waals surface area (Å²) in [5.74, 6) is -0.888. The quantitative estimate of drug-likeness (QED) is 0.663. The molecule has 1 aliphatic heterocycles. The second-order valence-electron chi connectivity index (χ2n) is 3.52. The third-order valence-electron chi connectivity index (χ3n) is 2.41. The largest absolute Gasteiger partial charge is 0.480 e. The number of amides is 1. The van der Waals surface area contributed by atoms with Crippen LogP contribution in [0, 0.1) is 10.1 Å². The monoisotopic (exact) mass is 288 g/mol. The zero-order chi connectivity index (χ0) is 13.3. The lowest BCUT2D eigenvalue weighted by Crippen LogP contribution is -2.41. The number of thiophene rings is 1. The Kier molecular flexibility index (Phi) is 3.53. The van der Waals surface area contributed by atoms with Gasteiger partial charge in [0.05, 0.1) is 15.7 Å². The van der Waals surface area contributed by atoms with Crippen LogP contribution in [0.15, 0.2) is 12.1 Å². The van der Waals surface area contributed by atoms with E-state index in [1.807, 2.05) is 0 Å². The van der Waals surface area contributed by atoms with E-state index in [2.05, 4.69) is 0 Å². The highest BCUT2D eigenvalue weighted by molar-refractivity contribution is 7.99. The third kappa shape index (κ3) is 2.31. The number of nitrogens with zero attached hydrogens (tertiary/aromatic N) is 2. The lowest BCUT2D eigenvalue weighted by molar-refractivity contribution is -0.380. The maximum absolute atomic E-state index is 12.0. The maximum Gasteiger partial charge on any atom is 0.327 e. The van der Waals surface area contributed by atoms with Crippen LogP contribution in [0.2, 0.25) is 0 Å². The van der Waals surface area contributed by atoms with Gasteiger partial charge in [0, 0.05) is 11.8 Å². The first kappa shape index (κ1) is 12.8. The molecule has 0 saturated carbocycles. The third-order valence-corrected chi connectivity index (χ3v) is 4.45.